The number of carbonyl (C=O) groups excluding carboxylic acids is 1. The van der Waals surface area contributed by atoms with E-state index < -0.39 is 0 Å². The Morgan fingerprint density at radius 3 is 2.79 bits per heavy atom. The highest BCUT2D eigenvalue weighted by atomic mass is 32.2. The number of nitrogens with one attached hydrogen (secondary N) is 2. The van der Waals surface area contributed by atoms with E-state index in [2.05, 4.69) is 28.7 Å². The van der Waals surface area contributed by atoms with Crippen molar-refractivity contribution in [2.45, 2.75) is 44.8 Å². The molecule has 1 aliphatic rings. The molecule has 6 heteroatoms. The van der Waals surface area contributed by atoms with Gasteiger partial charge in [0.15, 0.2) is 0 Å². The molecule has 152 valence electrons. The van der Waals surface area contributed by atoms with Crippen LogP contribution in [0.5, 0.6) is 0 Å². The highest BCUT2D eigenvalue weighted by molar-refractivity contribution is 7.97. The Kier molecular flexibility index (Phi) is 5.81. The van der Waals surface area contributed by atoms with E-state index >= 15 is 0 Å². The quantitative estimate of drug-likeness (QED) is 0.624. The average Bonchev–Trinajstić information content (AvgIpc) is 3.07. The van der Waals surface area contributed by atoms with Crippen LogP contribution in [0.1, 0.15) is 43.2 Å². The van der Waals surface area contributed by atoms with E-state index in [0.717, 1.165) is 53.9 Å². The molecule has 1 saturated carbocycles. The fourth-order valence-corrected chi connectivity index (χ4v) is 4.84. The first-order chi connectivity index (χ1) is 14.1. The van der Waals surface area contributed by atoms with E-state index in [1.165, 1.54) is 12.0 Å². The number of aryl methyl sites for hydroxylation is 1. The van der Waals surface area contributed by atoms with Crippen molar-refractivity contribution in [1.82, 2.24) is 9.38 Å². The number of fused-ring (bicyclic) bond motifs is 1. The van der Waals surface area contributed by atoms with Gasteiger partial charge in [0.1, 0.15) is 5.52 Å². The molecule has 0 unspecified atom stereocenters. The molecular weight excluding hydrogens is 382 g/mol. The summed E-state index contributed by atoms with van der Waals surface area (Å²) < 4.78 is 1.92. The van der Waals surface area contributed by atoms with Crippen LogP contribution in [0.2, 0.25) is 0 Å². The first-order valence-corrected chi connectivity index (χ1v) is 11.6. The van der Waals surface area contributed by atoms with Gasteiger partial charge in [-0.3, -0.25) is 9.59 Å². The second-order valence-electron chi connectivity index (χ2n) is 7.86. The lowest BCUT2D eigenvalue weighted by molar-refractivity contribution is -0.120. The van der Waals surface area contributed by atoms with Crippen LogP contribution in [0.25, 0.3) is 16.8 Å². The summed E-state index contributed by atoms with van der Waals surface area (Å²) in [6.07, 6.45) is 11.0. The summed E-state index contributed by atoms with van der Waals surface area (Å²) in [7, 11) is 0. The van der Waals surface area contributed by atoms with Crippen LogP contribution in [0, 0.1) is 12.8 Å². The van der Waals surface area contributed by atoms with Gasteiger partial charge >= 0.3 is 0 Å². The van der Waals surface area contributed by atoms with Gasteiger partial charge in [-0.25, -0.2) is 0 Å². The van der Waals surface area contributed by atoms with E-state index in [0.29, 0.717) is 5.52 Å². The van der Waals surface area contributed by atoms with Gasteiger partial charge in [-0.15, -0.1) is 0 Å². The maximum Gasteiger partial charge on any atom is 0.272 e. The molecule has 2 N–H and O–H groups in total. The minimum absolute atomic E-state index is 0.0936. The molecule has 0 saturated heterocycles. The fraction of sp³-hybridized carbons (Fsp3) is 0.391. The third-order valence-corrected chi connectivity index (χ3v) is 6.41. The fourth-order valence-electron chi connectivity index (χ4n) is 4.33. The topological polar surface area (TPSA) is 66.4 Å². The number of H-pyrrole nitrogens is 1. The summed E-state index contributed by atoms with van der Waals surface area (Å²) in [6.45, 7) is 1.94. The van der Waals surface area contributed by atoms with E-state index in [-0.39, 0.29) is 17.4 Å². The lowest BCUT2D eigenvalue weighted by Gasteiger charge is -2.22. The first kappa shape index (κ1) is 19.8. The smallest absolute Gasteiger partial charge is 0.272 e. The summed E-state index contributed by atoms with van der Waals surface area (Å²) in [4.78, 5) is 28.0. The minimum Gasteiger partial charge on any atom is -0.326 e. The van der Waals surface area contributed by atoms with Crippen LogP contribution in [0.3, 0.4) is 0 Å². The maximum atomic E-state index is 12.9. The van der Waals surface area contributed by atoms with Crippen LogP contribution in [-0.4, -0.2) is 21.5 Å². The number of carbonyl (C=O) groups is 1. The zero-order valence-electron chi connectivity index (χ0n) is 17.0. The van der Waals surface area contributed by atoms with E-state index in [1.807, 2.05) is 29.7 Å². The summed E-state index contributed by atoms with van der Waals surface area (Å²) >= 11 is 1.76. The zero-order valence-corrected chi connectivity index (χ0v) is 17.8. The number of rotatable bonds is 5. The largest absolute Gasteiger partial charge is 0.326 e. The standard InChI is InChI=1S/C23H27N3O2S/c1-15-12-20(26-11-10-24-23(28)21(15)26)18-13-16(14-29-2)8-9-19(18)25-22(27)17-6-4-3-5-7-17/h8-13,17H,3-7,14H2,1-2H3,(H,24,28)(H,25,27). The third kappa shape index (κ3) is 3.99. The van der Waals surface area contributed by atoms with Crippen LogP contribution in [0.15, 0.2) is 41.5 Å². The molecular formula is C23H27N3O2S. The molecule has 0 bridgehead atoms. The molecule has 2 heterocycles. The van der Waals surface area contributed by atoms with Crippen LogP contribution in [-0.2, 0) is 10.5 Å². The van der Waals surface area contributed by atoms with Gasteiger partial charge in [-0.2, -0.15) is 11.8 Å². The summed E-state index contributed by atoms with van der Waals surface area (Å²) in [6, 6.07) is 8.24. The Hall–Kier alpha value is -2.47. The summed E-state index contributed by atoms with van der Waals surface area (Å²) in [5, 5.41) is 3.19. The number of hydrogen-bond acceptors (Lipinski definition) is 3. The van der Waals surface area contributed by atoms with Crippen molar-refractivity contribution in [1.29, 1.82) is 0 Å². The van der Waals surface area contributed by atoms with Gasteiger partial charge < -0.3 is 14.7 Å². The minimum atomic E-state index is -0.107. The van der Waals surface area contributed by atoms with Crippen LogP contribution >= 0.6 is 11.8 Å². The second kappa shape index (κ2) is 8.49. The number of benzene rings is 1. The molecule has 2 aromatic heterocycles. The molecule has 0 radical (unpaired) electrons. The molecule has 1 amide bonds. The Bertz CT molecular complexity index is 1090. The summed E-state index contributed by atoms with van der Waals surface area (Å²) in [5.41, 5.74) is 5.33. The molecule has 1 aliphatic carbocycles. The summed E-state index contributed by atoms with van der Waals surface area (Å²) in [5.74, 6) is 1.10. The lowest BCUT2D eigenvalue weighted by Crippen LogP contribution is -2.25. The first-order valence-electron chi connectivity index (χ1n) is 10.2. The molecule has 29 heavy (non-hydrogen) atoms. The van der Waals surface area contributed by atoms with Crippen molar-refractivity contribution in [3.8, 4) is 11.3 Å². The number of amides is 1. The van der Waals surface area contributed by atoms with Gasteiger partial charge in [-0.1, -0.05) is 25.3 Å². The predicted molar refractivity (Wildman–Crippen MR) is 121 cm³/mol. The molecule has 3 aromatic rings. The molecule has 0 spiro atoms. The normalized spacial score (nSPS) is 15.0. The molecule has 1 fully saturated rings. The number of anilines is 1. The van der Waals surface area contributed by atoms with Crippen molar-refractivity contribution in [3.63, 3.8) is 0 Å². The highest BCUT2D eigenvalue weighted by Gasteiger charge is 2.23. The Labute approximate surface area is 174 Å². The van der Waals surface area contributed by atoms with E-state index in [1.54, 1.807) is 18.0 Å². The number of aromatic nitrogens is 2. The van der Waals surface area contributed by atoms with Gasteiger partial charge in [-0.05, 0) is 55.3 Å². The van der Waals surface area contributed by atoms with Crippen LogP contribution in [0.4, 0.5) is 5.69 Å². The van der Waals surface area contributed by atoms with Crippen molar-refractivity contribution >= 4 is 28.9 Å². The Morgan fingerprint density at radius 2 is 2.03 bits per heavy atom. The predicted octanol–water partition coefficient (Wildman–Crippen LogP) is 4.98. The monoisotopic (exact) mass is 409 g/mol. The third-order valence-electron chi connectivity index (χ3n) is 5.79. The molecule has 4 rings (SSSR count). The van der Waals surface area contributed by atoms with Crippen molar-refractivity contribution in [3.05, 3.63) is 58.1 Å². The molecule has 0 aliphatic heterocycles. The maximum absolute atomic E-state index is 12.9. The van der Waals surface area contributed by atoms with Crippen molar-refractivity contribution in [2.24, 2.45) is 5.92 Å². The molecule has 5 nitrogen and oxygen atoms in total. The molecule has 0 atom stereocenters. The van der Waals surface area contributed by atoms with Crippen LogP contribution < -0.4 is 10.9 Å². The number of thioether (sulfide) groups is 1. The second-order valence-corrected chi connectivity index (χ2v) is 8.72. The number of hydrogen-bond donors (Lipinski definition) is 2. The highest BCUT2D eigenvalue weighted by Crippen LogP contribution is 2.34. The number of nitrogens with zero attached hydrogens (tertiary/aromatic N) is 1. The Balaban J connectivity index is 1.79. The Morgan fingerprint density at radius 1 is 1.24 bits per heavy atom. The molecule has 1 aromatic carbocycles. The lowest BCUT2D eigenvalue weighted by atomic mass is 9.88. The van der Waals surface area contributed by atoms with E-state index in [4.69, 9.17) is 0 Å². The van der Waals surface area contributed by atoms with Gasteiger partial charge in [0.05, 0.1) is 11.4 Å². The van der Waals surface area contributed by atoms with Gasteiger partial charge in [0, 0.05) is 29.6 Å². The zero-order chi connectivity index (χ0) is 20.4. The van der Waals surface area contributed by atoms with Gasteiger partial charge in [0.25, 0.3) is 5.56 Å². The van der Waals surface area contributed by atoms with Gasteiger partial charge in [0.2, 0.25) is 5.91 Å². The van der Waals surface area contributed by atoms with E-state index in [9.17, 15) is 9.59 Å². The average molecular weight is 410 g/mol. The number of aromatic amines is 1. The SMILES string of the molecule is CSCc1ccc(NC(=O)C2CCCCC2)c(-c2cc(C)c3c(=O)[nH]ccn23)c1. The van der Waals surface area contributed by atoms with Crippen molar-refractivity contribution < 1.29 is 4.79 Å². The van der Waals surface area contributed by atoms with Crippen molar-refractivity contribution in [2.75, 3.05) is 11.6 Å².